The second-order valence-corrected chi connectivity index (χ2v) is 6.77. The lowest BCUT2D eigenvalue weighted by molar-refractivity contribution is -0.384. The first-order chi connectivity index (χ1) is 14.5. The molecule has 7 nitrogen and oxygen atoms in total. The molecule has 4 aromatic rings. The van der Waals surface area contributed by atoms with E-state index in [0.29, 0.717) is 17.1 Å². The normalized spacial score (nSPS) is 10.7. The molecule has 2 heterocycles. The molecule has 0 atom stereocenters. The van der Waals surface area contributed by atoms with Crippen molar-refractivity contribution in [3.05, 3.63) is 106 Å². The molecule has 0 aliphatic rings. The Labute approximate surface area is 172 Å². The summed E-state index contributed by atoms with van der Waals surface area (Å²) in [7, 11) is 0. The lowest BCUT2D eigenvalue weighted by Gasteiger charge is -2.21. The number of amides is 1. The summed E-state index contributed by atoms with van der Waals surface area (Å²) in [5.74, 6) is 1.09. The number of non-ortho nitro benzene ring substituents is 1. The van der Waals surface area contributed by atoms with Crippen LogP contribution in [0.2, 0.25) is 0 Å². The summed E-state index contributed by atoms with van der Waals surface area (Å²) in [6, 6.07) is 20.6. The zero-order valence-corrected chi connectivity index (χ0v) is 16.1. The van der Waals surface area contributed by atoms with Crippen molar-refractivity contribution in [3.8, 4) is 11.3 Å². The van der Waals surface area contributed by atoms with E-state index in [9.17, 15) is 14.9 Å². The van der Waals surface area contributed by atoms with Crippen molar-refractivity contribution < 1.29 is 18.6 Å². The maximum Gasteiger partial charge on any atom is 0.294 e. The molecule has 0 spiro atoms. The summed E-state index contributed by atoms with van der Waals surface area (Å²) < 4.78 is 11.2. The highest BCUT2D eigenvalue weighted by Crippen LogP contribution is 2.27. The van der Waals surface area contributed by atoms with E-state index in [-0.39, 0.29) is 23.9 Å². The number of hydrogen-bond acceptors (Lipinski definition) is 5. The molecule has 0 N–H and O–H groups in total. The fourth-order valence-electron chi connectivity index (χ4n) is 3.06. The lowest BCUT2D eigenvalue weighted by atomic mass is 10.1. The average molecular weight is 402 g/mol. The summed E-state index contributed by atoms with van der Waals surface area (Å²) in [6.45, 7) is 2.18. The fraction of sp³-hybridized carbons (Fsp3) is 0.0870. The standard InChI is InChI=1S/C23H18N2O5/c1-16-4-8-18(9-5-16)24(23(26)22-3-2-14-29-22)15-20-12-13-21(30-20)17-6-10-19(11-7-17)25(27)28/h2-14H,15H2,1H3. The van der Waals surface area contributed by atoms with E-state index in [1.54, 1.807) is 41.3 Å². The van der Waals surface area contributed by atoms with Gasteiger partial charge in [-0.25, -0.2) is 0 Å². The number of nitro benzene ring substituents is 1. The van der Waals surface area contributed by atoms with Gasteiger partial charge in [0.25, 0.3) is 11.6 Å². The molecular formula is C23H18N2O5. The van der Waals surface area contributed by atoms with Crippen molar-refractivity contribution in [2.24, 2.45) is 0 Å². The second kappa shape index (κ2) is 8.08. The van der Waals surface area contributed by atoms with E-state index < -0.39 is 4.92 Å². The van der Waals surface area contributed by atoms with Gasteiger partial charge in [-0.05, 0) is 55.5 Å². The highest BCUT2D eigenvalue weighted by Gasteiger charge is 2.22. The number of carbonyl (C=O) groups excluding carboxylic acids is 1. The molecule has 150 valence electrons. The topological polar surface area (TPSA) is 89.7 Å². The van der Waals surface area contributed by atoms with E-state index in [1.807, 2.05) is 31.2 Å². The average Bonchev–Trinajstić information content (AvgIpc) is 3.45. The molecular weight excluding hydrogens is 384 g/mol. The molecule has 0 unspecified atom stereocenters. The van der Waals surface area contributed by atoms with E-state index in [1.165, 1.54) is 18.4 Å². The van der Waals surface area contributed by atoms with Crippen molar-refractivity contribution in [2.45, 2.75) is 13.5 Å². The van der Waals surface area contributed by atoms with Crippen LogP contribution in [0, 0.1) is 17.0 Å². The summed E-state index contributed by atoms with van der Waals surface area (Å²) >= 11 is 0. The van der Waals surface area contributed by atoms with Gasteiger partial charge in [0.2, 0.25) is 0 Å². The van der Waals surface area contributed by atoms with E-state index in [0.717, 1.165) is 11.3 Å². The van der Waals surface area contributed by atoms with E-state index in [2.05, 4.69) is 0 Å². The summed E-state index contributed by atoms with van der Waals surface area (Å²) in [5.41, 5.74) is 2.53. The Bertz CT molecular complexity index is 1160. The zero-order valence-electron chi connectivity index (χ0n) is 16.1. The number of hydrogen-bond donors (Lipinski definition) is 0. The molecule has 7 heteroatoms. The Balaban J connectivity index is 1.61. The van der Waals surface area contributed by atoms with Crippen LogP contribution in [-0.4, -0.2) is 10.8 Å². The number of aryl methyl sites for hydroxylation is 1. The molecule has 2 aromatic carbocycles. The van der Waals surface area contributed by atoms with Crippen LogP contribution in [0.4, 0.5) is 11.4 Å². The van der Waals surface area contributed by atoms with Gasteiger partial charge in [-0.1, -0.05) is 17.7 Å². The molecule has 1 amide bonds. The van der Waals surface area contributed by atoms with Crippen molar-refractivity contribution >= 4 is 17.3 Å². The van der Waals surface area contributed by atoms with Crippen LogP contribution < -0.4 is 4.90 Å². The van der Waals surface area contributed by atoms with Gasteiger partial charge in [0.15, 0.2) is 5.76 Å². The SMILES string of the molecule is Cc1ccc(N(Cc2ccc(-c3ccc([N+](=O)[O-])cc3)o2)C(=O)c2ccco2)cc1. The van der Waals surface area contributed by atoms with Crippen LogP contribution in [0.1, 0.15) is 21.9 Å². The van der Waals surface area contributed by atoms with Crippen LogP contribution >= 0.6 is 0 Å². The number of anilines is 1. The summed E-state index contributed by atoms with van der Waals surface area (Å²) in [6.07, 6.45) is 1.46. The minimum absolute atomic E-state index is 0.0140. The van der Waals surface area contributed by atoms with Gasteiger partial charge in [-0.3, -0.25) is 19.8 Å². The number of rotatable bonds is 6. The smallest absolute Gasteiger partial charge is 0.294 e. The van der Waals surface area contributed by atoms with Crippen LogP contribution in [0.15, 0.2) is 87.9 Å². The maximum absolute atomic E-state index is 13.0. The molecule has 0 radical (unpaired) electrons. The number of furan rings is 2. The van der Waals surface area contributed by atoms with Gasteiger partial charge in [-0.15, -0.1) is 0 Å². The third-order valence-electron chi connectivity index (χ3n) is 4.66. The number of benzene rings is 2. The Morgan fingerprint density at radius 3 is 2.37 bits per heavy atom. The molecule has 30 heavy (non-hydrogen) atoms. The Morgan fingerprint density at radius 2 is 1.73 bits per heavy atom. The molecule has 0 bridgehead atoms. The quantitative estimate of drug-likeness (QED) is 0.309. The van der Waals surface area contributed by atoms with Crippen LogP contribution in [0.25, 0.3) is 11.3 Å². The maximum atomic E-state index is 13.0. The Hall–Kier alpha value is -4.13. The van der Waals surface area contributed by atoms with Crippen LogP contribution in [0.5, 0.6) is 0 Å². The van der Waals surface area contributed by atoms with Crippen LogP contribution in [-0.2, 0) is 6.54 Å². The van der Waals surface area contributed by atoms with Gasteiger partial charge in [0.1, 0.15) is 11.5 Å². The third kappa shape index (κ3) is 4.00. The minimum Gasteiger partial charge on any atom is -0.459 e. The predicted octanol–water partition coefficient (Wildman–Crippen LogP) is 5.60. The largest absolute Gasteiger partial charge is 0.459 e. The van der Waals surface area contributed by atoms with Crippen molar-refractivity contribution in [1.29, 1.82) is 0 Å². The molecule has 0 aliphatic heterocycles. The van der Waals surface area contributed by atoms with E-state index >= 15 is 0 Å². The highest BCUT2D eigenvalue weighted by molar-refractivity contribution is 6.04. The number of nitrogens with zero attached hydrogens (tertiary/aromatic N) is 2. The molecule has 0 saturated carbocycles. The first-order valence-electron chi connectivity index (χ1n) is 9.27. The van der Waals surface area contributed by atoms with Crippen molar-refractivity contribution in [3.63, 3.8) is 0 Å². The van der Waals surface area contributed by atoms with Gasteiger partial charge >= 0.3 is 0 Å². The van der Waals surface area contributed by atoms with Gasteiger partial charge in [-0.2, -0.15) is 0 Å². The summed E-state index contributed by atoms with van der Waals surface area (Å²) in [4.78, 5) is 25.0. The molecule has 4 rings (SSSR count). The van der Waals surface area contributed by atoms with Gasteiger partial charge in [0.05, 0.1) is 17.7 Å². The Morgan fingerprint density at radius 1 is 1.00 bits per heavy atom. The predicted molar refractivity (Wildman–Crippen MR) is 111 cm³/mol. The second-order valence-electron chi connectivity index (χ2n) is 6.77. The molecule has 0 saturated heterocycles. The molecule has 2 aromatic heterocycles. The number of carbonyl (C=O) groups is 1. The van der Waals surface area contributed by atoms with Crippen LogP contribution in [0.3, 0.4) is 0 Å². The summed E-state index contributed by atoms with van der Waals surface area (Å²) in [5, 5.41) is 10.8. The Kier molecular flexibility index (Phi) is 5.17. The first-order valence-corrected chi connectivity index (χ1v) is 9.27. The first kappa shape index (κ1) is 19.2. The zero-order chi connectivity index (χ0) is 21.1. The highest BCUT2D eigenvalue weighted by atomic mass is 16.6. The van der Waals surface area contributed by atoms with Gasteiger partial charge < -0.3 is 8.83 Å². The van der Waals surface area contributed by atoms with E-state index in [4.69, 9.17) is 8.83 Å². The van der Waals surface area contributed by atoms with Crippen molar-refractivity contribution in [2.75, 3.05) is 4.90 Å². The third-order valence-corrected chi connectivity index (χ3v) is 4.66. The minimum atomic E-state index is -0.447. The number of nitro groups is 1. The lowest BCUT2D eigenvalue weighted by Crippen LogP contribution is -2.29. The molecule has 0 aliphatic carbocycles. The molecule has 0 fully saturated rings. The monoisotopic (exact) mass is 402 g/mol. The van der Waals surface area contributed by atoms with Gasteiger partial charge in [0, 0.05) is 23.4 Å². The fourth-order valence-corrected chi connectivity index (χ4v) is 3.06. The van der Waals surface area contributed by atoms with Crippen molar-refractivity contribution in [1.82, 2.24) is 0 Å².